The average Bonchev–Trinajstić information content (AvgIpc) is 2.95. The van der Waals surface area contributed by atoms with Crippen molar-refractivity contribution in [3.63, 3.8) is 0 Å². The van der Waals surface area contributed by atoms with Gasteiger partial charge in [0.05, 0.1) is 29.6 Å². The third-order valence-corrected chi connectivity index (χ3v) is 3.05. The lowest BCUT2D eigenvalue weighted by molar-refractivity contribution is -0.385. The van der Waals surface area contributed by atoms with E-state index in [0.717, 1.165) is 25.0 Å². The monoisotopic (exact) mass is 291 g/mol. The maximum absolute atomic E-state index is 11.0. The van der Waals surface area contributed by atoms with Gasteiger partial charge in [-0.15, -0.1) is 5.10 Å². The minimum Gasteiger partial charge on any atom is -0.490 e. The van der Waals surface area contributed by atoms with Crippen LogP contribution in [0.25, 0.3) is 5.69 Å². The molecular formula is C13H17N5O3. The molecule has 0 saturated carbocycles. The quantitative estimate of drug-likeness (QED) is 0.470. The van der Waals surface area contributed by atoms with Crippen LogP contribution in [0.15, 0.2) is 24.4 Å². The van der Waals surface area contributed by atoms with Crippen LogP contribution in [0.2, 0.25) is 0 Å². The first-order valence-electron chi connectivity index (χ1n) is 6.60. The third-order valence-electron chi connectivity index (χ3n) is 3.05. The molecule has 1 aromatic heterocycles. The highest BCUT2D eigenvalue weighted by atomic mass is 16.6. The molecule has 0 amide bonds. The number of aryl methyl sites for hydroxylation is 1. The van der Waals surface area contributed by atoms with Crippen LogP contribution in [0.5, 0.6) is 5.75 Å². The van der Waals surface area contributed by atoms with E-state index >= 15 is 0 Å². The Kier molecular flexibility index (Phi) is 4.83. The smallest absolute Gasteiger partial charge is 0.313 e. The molecule has 0 aliphatic carbocycles. The Morgan fingerprint density at radius 1 is 1.43 bits per heavy atom. The fourth-order valence-electron chi connectivity index (χ4n) is 1.95. The number of nitro benzene ring substituents is 1. The van der Waals surface area contributed by atoms with Gasteiger partial charge in [-0.2, -0.15) is 0 Å². The Labute approximate surface area is 121 Å². The molecular weight excluding hydrogens is 274 g/mol. The number of nitrogens with two attached hydrogens (primary N) is 1. The number of rotatable bonds is 7. The number of nitro groups is 1. The number of methoxy groups -OCH3 is 1. The second-order valence-corrected chi connectivity index (χ2v) is 4.51. The van der Waals surface area contributed by atoms with E-state index < -0.39 is 4.92 Å². The highest BCUT2D eigenvalue weighted by molar-refractivity contribution is 5.53. The van der Waals surface area contributed by atoms with Crippen molar-refractivity contribution < 1.29 is 9.66 Å². The highest BCUT2D eigenvalue weighted by Crippen LogP contribution is 2.28. The first-order valence-corrected chi connectivity index (χ1v) is 6.60. The van der Waals surface area contributed by atoms with Crippen LogP contribution in [0, 0.1) is 10.1 Å². The molecule has 0 radical (unpaired) electrons. The predicted octanol–water partition coefficient (Wildman–Crippen LogP) is 1.47. The molecule has 0 aliphatic rings. The molecule has 2 rings (SSSR count). The summed E-state index contributed by atoms with van der Waals surface area (Å²) in [5.74, 6) is 0.215. The molecule has 8 nitrogen and oxygen atoms in total. The lowest BCUT2D eigenvalue weighted by Crippen LogP contribution is -1.99. The number of unbranched alkanes of at least 4 members (excludes halogenated alkanes) is 1. The Bertz CT molecular complexity index is 626. The summed E-state index contributed by atoms with van der Waals surface area (Å²) in [5.41, 5.74) is 6.75. The van der Waals surface area contributed by atoms with Crippen LogP contribution < -0.4 is 10.5 Å². The van der Waals surface area contributed by atoms with Gasteiger partial charge in [0.15, 0.2) is 5.75 Å². The Balaban J connectivity index is 2.22. The van der Waals surface area contributed by atoms with Crippen LogP contribution in [-0.2, 0) is 6.42 Å². The summed E-state index contributed by atoms with van der Waals surface area (Å²) in [7, 11) is 1.40. The molecule has 0 spiro atoms. The van der Waals surface area contributed by atoms with E-state index in [1.165, 1.54) is 17.9 Å². The summed E-state index contributed by atoms with van der Waals surface area (Å²) in [6.07, 6.45) is 4.43. The summed E-state index contributed by atoms with van der Waals surface area (Å²) >= 11 is 0. The second-order valence-electron chi connectivity index (χ2n) is 4.51. The average molecular weight is 291 g/mol. The first-order chi connectivity index (χ1) is 10.2. The summed E-state index contributed by atoms with van der Waals surface area (Å²) in [4.78, 5) is 10.5. The predicted molar refractivity (Wildman–Crippen MR) is 76.6 cm³/mol. The van der Waals surface area contributed by atoms with Crippen LogP contribution in [0.4, 0.5) is 5.69 Å². The van der Waals surface area contributed by atoms with Crippen molar-refractivity contribution in [2.75, 3.05) is 13.7 Å². The molecule has 112 valence electrons. The van der Waals surface area contributed by atoms with Crippen molar-refractivity contribution in [1.82, 2.24) is 15.0 Å². The molecule has 0 aliphatic heterocycles. The van der Waals surface area contributed by atoms with E-state index in [0.29, 0.717) is 12.2 Å². The highest BCUT2D eigenvalue weighted by Gasteiger charge is 2.16. The van der Waals surface area contributed by atoms with Crippen LogP contribution in [-0.4, -0.2) is 33.6 Å². The van der Waals surface area contributed by atoms with Crippen LogP contribution in [0.3, 0.4) is 0 Å². The topological polar surface area (TPSA) is 109 Å². The number of benzene rings is 1. The van der Waals surface area contributed by atoms with Gasteiger partial charge in [-0.3, -0.25) is 10.1 Å². The fraction of sp³-hybridized carbons (Fsp3) is 0.385. The molecule has 21 heavy (non-hydrogen) atoms. The third kappa shape index (κ3) is 3.54. The van der Waals surface area contributed by atoms with Crippen molar-refractivity contribution in [2.45, 2.75) is 19.3 Å². The molecule has 0 atom stereocenters. The van der Waals surface area contributed by atoms with Crippen molar-refractivity contribution >= 4 is 5.69 Å². The standard InChI is InChI=1S/C13H17N5O3/c1-21-13-6-5-11(8-12(13)18(19)20)17-9-10(15-16-17)4-2-3-7-14/h5-6,8-9H,2-4,7,14H2,1H3. The molecule has 2 aromatic rings. The van der Waals surface area contributed by atoms with E-state index in [-0.39, 0.29) is 11.4 Å². The maximum atomic E-state index is 11.0. The maximum Gasteiger partial charge on any atom is 0.313 e. The Hall–Kier alpha value is -2.48. The zero-order valence-electron chi connectivity index (χ0n) is 11.7. The first kappa shape index (κ1) is 14.9. The lowest BCUT2D eigenvalue weighted by Gasteiger charge is -2.04. The summed E-state index contributed by atoms with van der Waals surface area (Å²) < 4.78 is 6.49. The number of ether oxygens (including phenoxy) is 1. The summed E-state index contributed by atoms with van der Waals surface area (Å²) in [6, 6.07) is 4.66. The number of nitrogens with zero attached hydrogens (tertiary/aromatic N) is 4. The van der Waals surface area contributed by atoms with Crippen molar-refractivity contribution in [1.29, 1.82) is 0 Å². The number of aromatic nitrogens is 3. The second kappa shape index (κ2) is 6.80. The van der Waals surface area contributed by atoms with Gasteiger partial charge in [0, 0.05) is 6.07 Å². The van der Waals surface area contributed by atoms with E-state index in [1.54, 1.807) is 18.3 Å². The minimum absolute atomic E-state index is 0.102. The number of hydrogen-bond acceptors (Lipinski definition) is 6. The summed E-state index contributed by atoms with van der Waals surface area (Å²) in [6.45, 7) is 0.652. The normalized spacial score (nSPS) is 10.6. The van der Waals surface area contributed by atoms with Gasteiger partial charge in [-0.1, -0.05) is 5.21 Å². The molecule has 0 saturated heterocycles. The largest absolute Gasteiger partial charge is 0.490 e. The van der Waals surface area contributed by atoms with Crippen LogP contribution in [0.1, 0.15) is 18.5 Å². The van der Waals surface area contributed by atoms with Gasteiger partial charge in [0.2, 0.25) is 0 Å². The van der Waals surface area contributed by atoms with E-state index in [4.69, 9.17) is 10.5 Å². The van der Waals surface area contributed by atoms with E-state index in [1.807, 2.05) is 0 Å². The van der Waals surface area contributed by atoms with Crippen molar-refractivity contribution in [2.24, 2.45) is 5.73 Å². The van der Waals surface area contributed by atoms with E-state index in [2.05, 4.69) is 10.3 Å². The van der Waals surface area contributed by atoms with Gasteiger partial charge in [0.1, 0.15) is 0 Å². The van der Waals surface area contributed by atoms with Crippen molar-refractivity contribution in [3.8, 4) is 11.4 Å². The van der Waals surface area contributed by atoms with Crippen molar-refractivity contribution in [3.05, 3.63) is 40.2 Å². The van der Waals surface area contributed by atoms with Gasteiger partial charge >= 0.3 is 5.69 Å². The Morgan fingerprint density at radius 2 is 2.24 bits per heavy atom. The zero-order chi connectivity index (χ0) is 15.2. The Morgan fingerprint density at radius 3 is 2.90 bits per heavy atom. The minimum atomic E-state index is -0.485. The number of hydrogen-bond donors (Lipinski definition) is 1. The molecule has 1 aromatic carbocycles. The van der Waals surface area contributed by atoms with Gasteiger partial charge in [-0.05, 0) is 37.9 Å². The molecule has 0 fully saturated rings. The SMILES string of the molecule is COc1ccc(-n2cc(CCCCN)nn2)cc1[N+](=O)[O-]. The molecule has 8 heteroatoms. The molecule has 0 unspecified atom stereocenters. The van der Waals surface area contributed by atoms with Crippen LogP contribution >= 0.6 is 0 Å². The zero-order valence-corrected chi connectivity index (χ0v) is 11.7. The molecule has 0 bridgehead atoms. The molecule has 2 N–H and O–H groups in total. The van der Waals surface area contributed by atoms with Gasteiger partial charge in [0.25, 0.3) is 0 Å². The van der Waals surface area contributed by atoms with E-state index in [9.17, 15) is 10.1 Å². The van der Waals surface area contributed by atoms with Gasteiger partial charge in [-0.25, -0.2) is 4.68 Å². The van der Waals surface area contributed by atoms with Gasteiger partial charge < -0.3 is 10.5 Å². The summed E-state index contributed by atoms with van der Waals surface area (Å²) in [5, 5.41) is 19.1. The molecule has 1 heterocycles. The fourth-order valence-corrected chi connectivity index (χ4v) is 1.95. The lowest BCUT2D eigenvalue weighted by atomic mass is 10.2.